The Morgan fingerprint density at radius 2 is 2.00 bits per heavy atom. The number of carbonyl (C=O) groups is 1. The van der Waals surface area contributed by atoms with Gasteiger partial charge < -0.3 is 24.8 Å². The number of ether oxygens (including phenoxy) is 2. The minimum Gasteiger partial charge on any atom is -0.490 e. The first-order valence-electron chi connectivity index (χ1n) is 11.5. The fourth-order valence-corrected chi connectivity index (χ4v) is 4.45. The summed E-state index contributed by atoms with van der Waals surface area (Å²) in [5, 5.41) is 13.0. The minimum absolute atomic E-state index is 0.000963. The molecule has 0 saturated heterocycles. The van der Waals surface area contributed by atoms with Gasteiger partial charge in [0.05, 0.1) is 36.7 Å². The van der Waals surface area contributed by atoms with Crippen molar-refractivity contribution in [2.75, 3.05) is 44.3 Å². The zero-order chi connectivity index (χ0) is 24.6. The van der Waals surface area contributed by atoms with Gasteiger partial charge in [0.1, 0.15) is 5.75 Å². The summed E-state index contributed by atoms with van der Waals surface area (Å²) >= 11 is 0. The summed E-state index contributed by atoms with van der Waals surface area (Å²) < 4.78 is 38.2. The molecule has 1 aliphatic heterocycles. The van der Waals surface area contributed by atoms with Gasteiger partial charge in [-0.25, -0.2) is 8.42 Å². The highest BCUT2D eigenvalue weighted by atomic mass is 32.2. The maximum absolute atomic E-state index is 13.7. The number of carbonyl (C=O) groups excluding carboxylic acids is 1. The highest BCUT2D eigenvalue weighted by Crippen LogP contribution is 2.28. The van der Waals surface area contributed by atoms with Crippen molar-refractivity contribution in [1.29, 1.82) is 0 Å². The molecule has 0 radical (unpaired) electrons. The zero-order valence-corrected chi connectivity index (χ0v) is 21.2. The molecule has 10 heteroatoms. The Bertz CT molecular complexity index is 879. The quantitative estimate of drug-likeness (QED) is 0.565. The number of rotatable bonds is 6. The molecule has 1 heterocycles. The molecule has 4 atom stereocenters. The van der Waals surface area contributed by atoms with Crippen molar-refractivity contribution in [2.24, 2.45) is 5.92 Å². The second-order valence-corrected chi connectivity index (χ2v) is 10.7. The fourth-order valence-electron chi connectivity index (χ4n) is 3.89. The molecule has 0 fully saturated rings. The molecule has 0 spiro atoms. The highest BCUT2D eigenvalue weighted by Gasteiger charge is 2.29. The number of nitrogens with zero attached hydrogens (tertiary/aromatic N) is 1. The number of fused-ring (bicyclic) bond motifs is 1. The van der Waals surface area contributed by atoms with Gasteiger partial charge in [-0.3, -0.25) is 9.52 Å². The Morgan fingerprint density at radius 1 is 1.27 bits per heavy atom. The topological polar surface area (TPSA) is 117 Å². The van der Waals surface area contributed by atoms with Crippen LogP contribution in [0, 0.1) is 5.92 Å². The number of benzene rings is 1. The molecule has 1 amide bonds. The summed E-state index contributed by atoms with van der Waals surface area (Å²) in [4.78, 5) is 15.4. The van der Waals surface area contributed by atoms with E-state index in [2.05, 4.69) is 10.0 Å². The van der Waals surface area contributed by atoms with E-state index in [1.165, 1.54) is 6.07 Å². The van der Waals surface area contributed by atoms with Crippen LogP contribution in [0.3, 0.4) is 0 Å². The predicted octanol–water partition coefficient (Wildman–Crippen LogP) is 2.07. The molecule has 0 aliphatic carbocycles. The van der Waals surface area contributed by atoms with Gasteiger partial charge in [0, 0.05) is 31.3 Å². The molecule has 0 aromatic heterocycles. The summed E-state index contributed by atoms with van der Waals surface area (Å²) in [5.41, 5.74) is 0.536. The van der Waals surface area contributed by atoms with Crippen molar-refractivity contribution in [2.45, 2.75) is 58.3 Å². The third-order valence-electron chi connectivity index (χ3n) is 5.76. The van der Waals surface area contributed by atoms with Gasteiger partial charge in [0.25, 0.3) is 5.91 Å². The molecule has 188 valence electrons. The first-order chi connectivity index (χ1) is 15.6. The number of hydrogen-bond acceptors (Lipinski definition) is 7. The van der Waals surface area contributed by atoms with Gasteiger partial charge in [-0.2, -0.15) is 0 Å². The number of aliphatic hydroxyl groups excluding tert-OH is 1. The molecule has 1 aromatic rings. The predicted molar refractivity (Wildman–Crippen MR) is 129 cm³/mol. The first kappa shape index (κ1) is 27.4. The van der Waals surface area contributed by atoms with Crippen LogP contribution >= 0.6 is 0 Å². The standard InChI is InChI=1S/C23H39N3O6S/c1-16-14-26(17(2)15-27)23(28)20-12-19(25-33(5,29)30)9-10-21(20)32-18(3)8-6-7-11-31-22(16)13-24-4/h9-10,12,16-18,22,24-25,27H,6-8,11,13-15H2,1-5H3/t16-,17+,18+,22-/m1/s1. The van der Waals surface area contributed by atoms with Crippen molar-refractivity contribution in [3.63, 3.8) is 0 Å². The SMILES string of the molecule is CNC[C@H]1OCCCC[C@H](C)Oc2ccc(NS(C)(=O)=O)cc2C(=O)N([C@@H](C)CO)C[C@H]1C. The van der Waals surface area contributed by atoms with Gasteiger partial charge >= 0.3 is 0 Å². The second-order valence-electron chi connectivity index (χ2n) is 8.94. The molecule has 3 N–H and O–H groups in total. The lowest BCUT2D eigenvalue weighted by Gasteiger charge is -2.34. The van der Waals surface area contributed by atoms with E-state index in [4.69, 9.17) is 9.47 Å². The van der Waals surface area contributed by atoms with E-state index in [1.54, 1.807) is 24.0 Å². The minimum atomic E-state index is -3.52. The molecular weight excluding hydrogens is 446 g/mol. The molecular formula is C23H39N3O6S. The molecule has 9 nitrogen and oxygen atoms in total. The Balaban J connectivity index is 2.51. The van der Waals surface area contributed by atoms with Crippen molar-refractivity contribution in [1.82, 2.24) is 10.2 Å². The monoisotopic (exact) mass is 485 g/mol. The number of anilines is 1. The fraction of sp³-hybridized carbons (Fsp3) is 0.696. The van der Waals surface area contributed by atoms with Crippen LogP contribution in [0.15, 0.2) is 18.2 Å². The lowest BCUT2D eigenvalue weighted by molar-refractivity contribution is -0.000450. The zero-order valence-electron chi connectivity index (χ0n) is 20.3. The molecule has 0 bridgehead atoms. The Hall–Kier alpha value is -1.88. The summed E-state index contributed by atoms with van der Waals surface area (Å²) in [5.74, 6) is 0.0661. The van der Waals surface area contributed by atoms with Crippen LogP contribution in [0.5, 0.6) is 5.75 Å². The van der Waals surface area contributed by atoms with Crippen LogP contribution in [0.2, 0.25) is 0 Å². The van der Waals surface area contributed by atoms with E-state index in [0.717, 1.165) is 25.5 Å². The lowest BCUT2D eigenvalue weighted by atomic mass is 10.0. The van der Waals surface area contributed by atoms with E-state index in [9.17, 15) is 18.3 Å². The summed E-state index contributed by atoms with van der Waals surface area (Å²) in [7, 11) is -1.65. The van der Waals surface area contributed by atoms with Crippen molar-refractivity contribution in [3.05, 3.63) is 23.8 Å². The van der Waals surface area contributed by atoms with Crippen LogP contribution in [0.25, 0.3) is 0 Å². The number of hydrogen-bond donors (Lipinski definition) is 3. The van der Waals surface area contributed by atoms with Crippen LogP contribution < -0.4 is 14.8 Å². The molecule has 2 rings (SSSR count). The number of likely N-dealkylation sites (N-methyl/N-ethyl adjacent to an activating group) is 1. The number of nitrogens with one attached hydrogen (secondary N) is 2. The van der Waals surface area contributed by atoms with Crippen molar-refractivity contribution >= 4 is 21.6 Å². The molecule has 1 aromatic carbocycles. The largest absolute Gasteiger partial charge is 0.490 e. The maximum Gasteiger partial charge on any atom is 0.258 e. The average molecular weight is 486 g/mol. The van der Waals surface area contributed by atoms with E-state index >= 15 is 0 Å². The van der Waals surface area contributed by atoms with E-state index in [-0.39, 0.29) is 41.9 Å². The average Bonchev–Trinajstić information content (AvgIpc) is 2.74. The van der Waals surface area contributed by atoms with Crippen LogP contribution in [0.1, 0.15) is 50.4 Å². The third kappa shape index (κ3) is 8.44. The summed E-state index contributed by atoms with van der Waals surface area (Å²) in [6, 6.07) is 4.27. The third-order valence-corrected chi connectivity index (χ3v) is 6.37. The highest BCUT2D eigenvalue weighted by molar-refractivity contribution is 7.92. The normalized spacial score (nSPS) is 24.4. The van der Waals surface area contributed by atoms with Gasteiger partial charge in [-0.1, -0.05) is 6.92 Å². The second kappa shape index (κ2) is 12.5. The lowest BCUT2D eigenvalue weighted by Crippen LogP contribution is -2.47. The first-order valence-corrected chi connectivity index (χ1v) is 13.4. The number of sulfonamides is 1. The van der Waals surface area contributed by atoms with Crippen molar-refractivity contribution < 1.29 is 27.8 Å². The van der Waals surface area contributed by atoms with E-state index < -0.39 is 16.1 Å². The van der Waals surface area contributed by atoms with Crippen LogP contribution in [-0.2, 0) is 14.8 Å². The Morgan fingerprint density at radius 3 is 2.64 bits per heavy atom. The number of amides is 1. The molecule has 1 aliphatic rings. The molecule has 33 heavy (non-hydrogen) atoms. The van der Waals surface area contributed by atoms with Gasteiger partial charge in [-0.15, -0.1) is 0 Å². The Labute approximate surface area is 197 Å². The van der Waals surface area contributed by atoms with Gasteiger partial charge in [-0.05, 0) is 58.4 Å². The smallest absolute Gasteiger partial charge is 0.258 e. The van der Waals surface area contributed by atoms with Gasteiger partial charge in [0.15, 0.2) is 0 Å². The Kier molecular flexibility index (Phi) is 10.4. The molecule has 0 unspecified atom stereocenters. The van der Waals surface area contributed by atoms with E-state index in [1.807, 2.05) is 20.9 Å². The van der Waals surface area contributed by atoms with Crippen molar-refractivity contribution in [3.8, 4) is 5.75 Å². The molecule has 0 saturated carbocycles. The summed E-state index contributed by atoms with van der Waals surface area (Å²) in [6.45, 7) is 7.20. The number of aliphatic hydroxyl groups is 1. The van der Waals surface area contributed by atoms with E-state index in [0.29, 0.717) is 25.4 Å². The summed E-state index contributed by atoms with van der Waals surface area (Å²) in [6.07, 6.45) is 3.45. The van der Waals surface area contributed by atoms with Crippen LogP contribution in [0.4, 0.5) is 5.69 Å². The van der Waals surface area contributed by atoms with Crippen LogP contribution in [-0.4, -0.2) is 82.2 Å². The maximum atomic E-state index is 13.7. The van der Waals surface area contributed by atoms with Gasteiger partial charge in [0.2, 0.25) is 10.0 Å².